The fourth-order valence-corrected chi connectivity index (χ4v) is 2.57. The summed E-state index contributed by atoms with van der Waals surface area (Å²) in [4.78, 5) is 0. The van der Waals surface area contributed by atoms with Gasteiger partial charge >= 0.3 is 0 Å². The molecule has 3 unspecified atom stereocenters. The van der Waals surface area contributed by atoms with Crippen molar-refractivity contribution in [3.8, 4) is 5.75 Å². The van der Waals surface area contributed by atoms with E-state index >= 15 is 0 Å². The predicted molar refractivity (Wildman–Crippen MR) is 77.7 cm³/mol. The van der Waals surface area contributed by atoms with Crippen LogP contribution in [0.15, 0.2) is 24.3 Å². The number of hydrogen-bond donors (Lipinski definition) is 1. The summed E-state index contributed by atoms with van der Waals surface area (Å²) in [5.41, 5.74) is 1.37. The van der Waals surface area contributed by atoms with E-state index in [0.29, 0.717) is 18.2 Å². The van der Waals surface area contributed by atoms with Crippen molar-refractivity contribution in [3.63, 3.8) is 0 Å². The predicted octanol–water partition coefficient (Wildman–Crippen LogP) is 2.78. The third-order valence-corrected chi connectivity index (χ3v) is 3.90. The molecule has 1 fully saturated rings. The second kappa shape index (κ2) is 6.92. The lowest BCUT2D eigenvalue weighted by atomic mass is 10.0. The number of rotatable bonds is 6. The highest BCUT2D eigenvalue weighted by Crippen LogP contribution is 2.16. The number of ether oxygens (including phenoxy) is 2. The van der Waals surface area contributed by atoms with Gasteiger partial charge in [-0.05, 0) is 50.8 Å². The van der Waals surface area contributed by atoms with Crippen LogP contribution in [0.4, 0.5) is 0 Å². The Bertz CT molecular complexity index is 377. The smallest absolute Gasteiger partial charge is 0.118 e. The summed E-state index contributed by atoms with van der Waals surface area (Å²) in [7, 11) is 1.70. The molecule has 1 aromatic rings. The zero-order chi connectivity index (χ0) is 13.7. The van der Waals surface area contributed by atoms with E-state index in [1.54, 1.807) is 7.11 Å². The molecule has 3 heteroatoms. The van der Waals surface area contributed by atoms with Crippen molar-refractivity contribution in [1.82, 2.24) is 5.32 Å². The molecular weight excluding hydrogens is 238 g/mol. The van der Waals surface area contributed by atoms with E-state index in [2.05, 4.69) is 31.3 Å². The monoisotopic (exact) mass is 263 g/mol. The molecule has 0 amide bonds. The molecule has 1 saturated heterocycles. The molecule has 0 aliphatic carbocycles. The van der Waals surface area contributed by atoms with Crippen LogP contribution in [0.5, 0.6) is 5.75 Å². The van der Waals surface area contributed by atoms with Gasteiger partial charge in [0.1, 0.15) is 5.75 Å². The molecule has 1 N–H and O–H groups in total. The van der Waals surface area contributed by atoms with Gasteiger partial charge in [0.15, 0.2) is 0 Å². The molecule has 0 bridgehead atoms. The molecule has 1 aromatic carbocycles. The van der Waals surface area contributed by atoms with Crippen molar-refractivity contribution in [2.75, 3.05) is 13.7 Å². The minimum atomic E-state index is 0.350. The van der Waals surface area contributed by atoms with Crippen LogP contribution in [-0.4, -0.2) is 31.9 Å². The molecule has 0 spiro atoms. The van der Waals surface area contributed by atoms with Gasteiger partial charge in [0.25, 0.3) is 0 Å². The highest BCUT2D eigenvalue weighted by molar-refractivity contribution is 5.27. The lowest BCUT2D eigenvalue weighted by Crippen LogP contribution is -2.40. The van der Waals surface area contributed by atoms with Gasteiger partial charge in [-0.1, -0.05) is 12.1 Å². The van der Waals surface area contributed by atoms with Gasteiger partial charge < -0.3 is 14.8 Å². The molecule has 0 aromatic heterocycles. The number of methoxy groups -OCH3 is 1. The van der Waals surface area contributed by atoms with E-state index in [9.17, 15) is 0 Å². The fourth-order valence-electron chi connectivity index (χ4n) is 2.57. The van der Waals surface area contributed by atoms with Gasteiger partial charge in [0.05, 0.1) is 13.2 Å². The Kier molecular flexibility index (Phi) is 5.23. The third kappa shape index (κ3) is 4.22. The topological polar surface area (TPSA) is 30.5 Å². The summed E-state index contributed by atoms with van der Waals surface area (Å²) in [5, 5.41) is 3.67. The van der Waals surface area contributed by atoms with E-state index in [4.69, 9.17) is 9.47 Å². The summed E-state index contributed by atoms with van der Waals surface area (Å²) in [5.74, 6) is 0.923. The Morgan fingerprint density at radius 1 is 1.37 bits per heavy atom. The number of hydrogen-bond acceptors (Lipinski definition) is 3. The van der Waals surface area contributed by atoms with Crippen molar-refractivity contribution < 1.29 is 9.47 Å². The van der Waals surface area contributed by atoms with Crippen LogP contribution in [0.2, 0.25) is 0 Å². The summed E-state index contributed by atoms with van der Waals surface area (Å²) in [6.07, 6.45) is 3.73. The standard InChI is InChI=1S/C16H25NO2/c1-12(17-16-10-11-19-13(16)2)4-5-14-6-8-15(18-3)9-7-14/h6-9,12-13,16-17H,4-5,10-11H2,1-3H3. The van der Waals surface area contributed by atoms with Crippen molar-refractivity contribution in [3.05, 3.63) is 29.8 Å². The Labute approximate surface area is 116 Å². The average molecular weight is 263 g/mol. The van der Waals surface area contributed by atoms with Crippen molar-refractivity contribution in [2.45, 2.75) is 51.3 Å². The molecule has 1 aliphatic rings. The van der Waals surface area contributed by atoms with Crippen LogP contribution in [0.25, 0.3) is 0 Å². The Morgan fingerprint density at radius 2 is 2.11 bits per heavy atom. The van der Waals surface area contributed by atoms with Crippen LogP contribution < -0.4 is 10.1 Å². The molecule has 19 heavy (non-hydrogen) atoms. The molecule has 1 aliphatic heterocycles. The summed E-state index contributed by atoms with van der Waals surface area (Å²) in [6, 6.07) is 9.39. The lowest BCUT2D eigenvalue weighted by Gasteiger charge is -2.21. The fraction of sp³-hybridized carbons (Fsp3) is 0.625. The second-order valence-corrected chi connectivity index (χ2v) is 5.43. The SMILES string of the molecule is COc1ccc(CCC(C)NC2CCOC2C)cc1. The molecule has 2 rings (SSSR count). The van der Waals surface area contributed by atoms with Crippen LogP contribution in [0.1, 0.15) is 32.3 Å². The van der Waals surface area contributed by atoms with Crippen LogP contribution in [-0.2, 0) is 11.2 Å². The zero-order valence-electron chi connectivity index (χ0n) is 12.2. The summed E-state index contributed by atoms with van der Waals surface area (Å²) < 4.78 is 10.7. The molecule has 3 atom stereocenters. The number of nitrogens with one attached hydrogen (secondary N) is 1. The number of aryl methyl sites for hydroxylation is 1. The maximum Gasteiger partial charge on any atom is 0.118 e. The van der Waals surface area contributed by atoms with Gasteiger partial charge in [0, 0.05) is 18.7 Å². The third-order valence-electron chi connectivity index (χ3n) is 3.90. The maximum absolute atomic E-state index is 5.58. The maximum atomic E-state index is 5.58. The molecule has 0 saturated carbocycles. The largest absolute Gasteiger partial charge is 0.497 e. The van der Waals surface area contributed by atoms with Crippen LogP contribution in [0, 0.1) is 0 Å². The Morgan fingerprint density at radius 3 is 2.68 bits per heavy atom. The van der Waals surface area contributed by atoms with Gasteiger partial charge in [-0.15, -0.1) is 0 Å². The van der Waals surface area contributed by atoms with Crippen LogP contribution in [0.3, 0.4) is 0 Å². The second-order valence-electron chi connectivity index (χ2n) is 5.43. The van der Waals surface area contributed by atoms with Gasteiger partial charge in [-0.3, -0.25) is 0 Å². The first-order valence-corrected chi connectivity index (χ1v) is 7.19. The van der Waals surface area contributed by atoms with E-state index in [1.165, 1.54) is 5.56 Å². The first-order chi connectivity index (χ1) is 9.19. The van der Waals surface area contributed by atoms with Gasteiger partial charge in [-0.25, -0.2) is 0 Å². The van der Waals surface area contributed by atoms with Gasteiger partial charge in [-0.2, -0.15) is 0 Å². The molecule has 1 heterocycles. The normalized spacial score (nSPS) is 24.4. The highest BCUT2D eigenvalue weighted by Gasteiger charge is 2.24. The summed E-state index contributed by atoms with van der Waals surface area (Å²) >= 11 is 0. The minimum absolute atomic E-state index is 0.350. The number of benzene rings is 1. The van der Waals surface area contributed by atoms with Crippen molar-refractivity contribution in [1.29, 1.82) is 0 Å². The Balaban J connectivity index is 1.74. The summed E-state index contributed by atoms with van der Waals surface area (Å²) in [6.45, 7) is 5.31. The highest BCUT2D eigenvalue weighted by atomic mass is 16.5. The Hall–Kier alpha value is -1.06. The van der Waals surface area contributed by atoms with E-state index < -0.39 is 0 Å². The quantitative estimate of drug-likeness (QED) is 0.856. The van der Waals surface area contributed by atoms with E-state index in [-0.39, 0.29) is 0 Å². The molecule has 106 valence electrons. The molecule has 0 radical (unpaired) electrons. The van der Waals surface area contributed by atoms with Crippen molar-refractivity contribution >= 4 is 0 Å². The average Bonchev–Trinajstić information content (AvgIpc) is 2.82. The van der Waals surface area contributed by atoms with Crippen LogP contribution >= 0.6 is 0 Å². The zero-order valence-corrected chi connectivity index (χ0v) is 12.2. The lowest BCUT2D eigenvalue weighted by molar-refractivity contribution is 0.111. The van der Waals surface area contributed by atoms with Gasteiger partial charge in [0.2, 0.25) is 0 Å². The van der Waals surface area contributed by atoms with Crippen molar-refractivity contribution in [2.24, 2.45) is 0 Å². The molecular formula is C16H25NO2. The molecule has 3 nitrogen and oxygen atoms in total. The van der Waals surface area contributed by atoms with E-state index in [0.717, 1.165) is 31.6 Å². The first-order valence-electron chi connectivity index (χ1n) is 7.19. The first kappa shape index (κ1) is 14.4. The van der Waals surface area contributed by atoms with E-state index in [1.807, 2.05) is 12.1 Å². The minimum Gasteiger partial charge on any atom is -0.497 e.